The van der Waals surface area contributed by atoms with Crippen LogP contribution in [0.15, 0.2) is 97.3 Å². The number of hydrogen-bond acceptors (Lipinski definition) is 5. The zero-order chi connectivity index (χ0) is 24.1. The molecule has 1 saturated heterocycles. The zero-order valence-corrected chi connectivity index (χ0v) is 20.5. The third-order valence-corrected chi connectivity index (χ3v) is 5.82. The molecule has 2 aromatic carbocycles. The number of rotatable bonds is 7. The molecule has 1 fully saturated rings. The number of pyridine rings is 2. The lowest BCUT2D eigenvalue weighted by Crippen LogP contribution is -2.29. The lowest BCUT2D eigenvalue weighted by molar-refractivity contribution is 0.305. The maximum atomic E-state index is 5.75. The van der Waals surface area contributed by atoms with Crippen LogP contribution < -0.4 is 14.4 Å². The Hall–Kier alpha value is -3.57. The van der Waals surface area contributed by atoms with Gasteiger partial charge in [0.1, 0.15) is 35.7 Å². The summed E-state index contributed by atoms with van der Waals surface area (Å²) in [4.78, 5) is 10.8. The SMILES string of the molecule is Clc1ccc(OCc2ccccc2)cn1.c1ccc(COc2ccc(N3CCCCC3)nc2)cc1. The van der Waals surface area contributed by atoms with Crippen molar-refractivity contribution in [1.82, 2.24) is 9.97 Å². The maximum Gasteiger partial charge on any atom is 0.138 e. The number of nitrogens with zero attached hydrogens (tertiary/aromatic N) is 3. The number of benzene rings is 2. The Morgan fingerprint density at radius 1 is 0.629 bits per heavy atom. The fraction of sp³-hybridized carbons (Fsp3) is 0.241. The van der Waals surface area contributed by atoms with Crippen molar-refractivity contribution in [3.63, 3.8) is 0 Å². The van der Waals surface area contributed by atoms with Crippen molar-refractivity contribution in [3.05, 3.63) is 114 Å². The van der Waals surface area contributed by atoms with Gasteiger partial charge in [-0.1, -0.05) is 72.3 Å². The minimum atomic E-state index is 0.474. The largest absolute Gasteiger partial charge is 0.487 e. The first-order valence-corrected chi connectivity index (χ1v) is 12.3. The average molecular weight is 488 g/mol. The minimum Gasteiger partial charge on any atom is -0.487 e. The van der Waals surface area contributed by atoms with Crippen molar-refractivity contribution in [2.24, 2.45) is 0 Å². The van der Waals surface area contributed by atoms with Gasteiger partial charge in [0.05, 0.1) is 12.4 Å². The molecule has 0 saturated carbocycles. The summed E-state index contributed by atoms with van der Waals surface area (Å²) < 4.78 is 11.3. The molecule has 0 amide bonds. The van der Waals surface area contributed by atoms with Gasteiger partial charge in [-0.25, -0.2) is 9.97 Å². The van der Waals surface area contributed by atoms with Crippen molar-refractivity contribution in [2.75, 3.05) is 18.0 Å². The second-order valence-electron chi connectivity index (χ2n) is 8.26. The lowest BCUT2D eigenvalue weighted by atomic mass is 10.1. The molecule has 0 atom stereocenters. The molecule has 0 N–H and O–H groups in total. The van der Waals surface area contributed by atoms with Crippen LogP contribution in [0.4, 0.5) is 5.82 Å². The number of aromatic nitrogens is 2. The van der Waals surface area contributed by atoms with E-state index in [2.05, 4.69) is 33.1 Å². The molecule has 180 valence electrons. The van der Waals surface area contributed by atoms with Gasteiger partial charge in [0.2, 0.25) is 0 Å². The molecular weight excluding hydrogens is 458 g/mol. The van der Waals surface area contributed by atoms with E-state index in [-0.39, 0.29) is 0 Å². The van der Waals surface area contributed by atoms with Gasteiger partial charge >= 0.3 is 0 Å². The quantitative estimate of drug-likeness (QED) is 0.263. The van der Waals surface area contributed by atoms with E-state index in [1.807, 2.05) is 60.8 Å². The molecule has 5 rings (SSSR count). The topological polar surface area (TPSA) is 47.5 Å². The van der Waals surface area contributed by atoms with Crippen LogP contribution in [0, 0.1) is 0 Å². The number of ether oxygens (including phenoxy) is 2. The highest BCUT2D eigenvalue weighted by atomic mass is 35.5. The Morgan fingerprint density at radius 2 is 1.17 bits per heavy atom. The first-order chi connectivity index (χ1) is 17.3. The van der Waals surface area contributed by atoms with E-state index in [9.17, 15) is 0 Å². The van der Waals surface area contributed by atoms with Crippen molar-refractivity contribution in [3.8, 4) is 11.5 Å². The second-order valence-corrected chi connectivity index (χ2v) is 8.65. The van der Waals surface area contributed by atoms with Crippen LogP contribution in [0.1, 0.15) is 30.4 Å². The highest BCUT2D eigenvalue weighted by Gasteiger charge is 2.11. The number of halogens is 1. The van der Waals surface area contributed by atoms with Crippen molar-refractivity contribution in [1.29, 1.82) is 0 Å². The van der Waals surface area contributed by atoms with E-state index in [0.717, 1.165) is 36.0 Å². The summed E-state index contributed by atoms with van der Waals surface area (Å²) in [5, 5.41) is 0.474. The van der Waals surface area contributed by atoms with Crippen LogP contribution in [0.2, 0.25) is 5.15 Å². The summed E-state index contributed by atoms with van der Waals surface area (Å²) in [6.45, 7) is 3.38. The van der Waals surface area contributed by atoms with Gasteiger partial charge in [0.25, 0.3) is 0 Å². The van der Waals surface area contributed by atoms with E-state index in [1.54, 1.807) is 18.3 Å². The summed E-state index contributed by atoms with van der Waals surface area (Å²) in [6, 6.07) is 27.8. The van der Waals surface area contributed by atoms with Crippen LogP contribution >= 0.6 is 11.6 Å². The van der Waals surface area contributed by atoms with E-state index >= 15 is 0 Å². The second kappa shape index (κ2) is 13.4. The molecule has 0 bridgehead atoms. The lowest BCUT2D eigenvalue weighted by Gasteiger charge is -2.27. The molecule has 3 heterocycles. The fourth-order valence-corrected chi connectivity index (χ4v) is 3.81. The summed E-state index contributed by atoms with van der Waals surface area (Å²) in [5.41, 5.74) is 2.31. The molecule has 6 heteroatoms. The van der Waals surface area contributed by atoms with Crippen LogP contribution in [-0.2, 0) is 13.2 Å². The van der Waals surface area contributed by atoms with E-state index in [1.165, 1.54) is 24.8 Å². The first-order valence-electron chi connectivity index (χ1n) is 11.9. The molecule has 35 heavy (non-hydrogen) atoms. The molecule has 4 aromatic rings. The van der Waals surface area contributed by atoms with E-state index in [4.69, 9.17) is 21.1 Å². The monoisotopic (exact) mass is 487 g/mol. The number of hydrogen-bond donors (Lipinski definition) is 0. The van der Waals surface area contributed by atoms with Crippen LogP contribution in [0.3, 0.4) is 0 Å². The van der Waals surface area contributed by atoms with Crippen molar-refractivity contribution < 1.29 is 9.47 Å². The molecule has 0 spiro atoms. The Morgan fingerprint density at radius 3 is 1.66 bits per heavy atom. The zero-order valence-electron chi connectivity index (χ0n) is 19.7. The average Bonchev–Trinajstić information content (AvgIpc) is 2.94. The molecule has 1 aliphatic heterocycles. The Kier molecular flexibility index (Phi) is 9.37. The highest BCUT2D eigenvalue weighted by molar-refractivity contribution is 6.29. The Labute approximate surface area is 212 Å². The third kappa shape index (κ3) is 8.30. The van der Waals surface area contributed by atoms with Gasteiger partial charge < -0.3 is 14.4 Å². The molecule has 0 unspecified atom stereocenters. The number of piperidine rings is 1. The van der Waals surface area contributed by atoms with Crippen molar-refractivity contribution >= 4 is 17.4 Å². The maximum absolute atomic E-state index is 5.75. The highest BCUT2D eigenvalue weighted by Crippen LogP contribution is 2.20. The molecule has 0 aliphatic carbocycles. The van der Waals surface area contributed by atoms with Gasteiger partial charge in [0, 0.05) is 13.1 Å². The van der Waals surface area contributed by atoms with Gasteiger partial charge in [-0.2, -0.15) is 0 Å². The van der Waals surface area contributed by atoms with Gasteiger partial charge in [-0.05, 0) is 54.7 Å². The summed E-state index contributed by atoms with van der Waals surface area (Å²) in [7, 11) is 0. The summed E-state index contributed by atoms with van der Waals surface area (Å²) >= 11 is 5.66. The fourth-order valence-electron chi connectivity index (χ4n) is 3.70. The summed E-state index contributed by atoms with van der Waals surface area (Å²) in [5.74, 6) is 2.62. The smallest absolute Gasteiger partial charge is 0.138 e. The molecular formula is C29H30ClN3O2. The van der Waals surface area contributed by atoms with Gasteiger partial charge in [0.15, 0.2) is 0 Å². The Bertz CT molecular complexity index is 1120. The van der Waals surface area contributed by atoms with Gasteiger partial charge in [-0.15, -0.1) is 0 Å². The standard InChI is InChI=1S/C17H20N2O.C12H10ClNO/c1-3-7-15(8-4-1)14-20-16-9-10-17(18-13-16)19-11-5-2-6-12-19;13-12-7-6-11(8-14-12)15-9-10-4-2-1-3-5-10/h1,3-4,7-10,13H,2,5-6,11-12,14H2;1-8H,9H2. The van der Waals surface area contributed by atoms with Crippen LogP contribution in [-0.4, -0.2) is 23.1 Å². The molecule has 2 aromatic heterocycles. The number of anilines is 1. The molecule has 0 radical (unpaired) electrons. The third-order valence-electron chi connectivity index (χ3n) is 5.60. The minimum absolute atomic E-state index is 0.474. The first kappa shape index (κ1) is 24.6. The summed E-state index contributed by atoms with van der Waals surface area (Å²) in [6.07, 6.45) is 7.33. The predicted octanol–water partition coefficient (Wildman–Crippen LogP) is 6.96. The van der Waals surface area contributed by atoms with E-state index in [0.29, 0.717) is 18.4 Å². The van der Waals surface area contributed by atoms with Crippen LogP contribution in [0.25, 0.3) is 0 Å². The van der Waals surface area contributed by atoms with Gasteiger partial charge in [-0.3, -0.25) is 0 Å². The predicted molar refractivity (Wildman–Crippen MR) is 141 cm³/mol. The molecule has 5 nitrogen and oxygen atoms in total. The van der Waals surface area contributed by atoms with Crippen LogP contribution in [0.5, 0.6) is 11.5 Å². The normalized spacial score (nSPS) is 12.9. The Balaban J connectivity index is 0.000000172. The van der Waals surface area contributed by atoms with E-state index < -0.39 is 0 Å². The molecule has 1 aliphatic rings. The van der Waals surface area contributed by atoms with Crippen molar-refractivity contribution in [2.45, 2.75) is 32.5 Å².